The molecule has 0 atom stereocenters. The molecule has 100 valence electrons. The summed E-state index contributed by atoms with van der Waals surface area (Å²) in [7, 11) is 0. The Morgan fingerprint density at radius 3 is 2.53 bits per heavy atom. The molecule has 0 fully saturated rings. The quantitative estimate of drug-likeness (QED) is 0.924. The van der Waals surface area contributed by atoms with Gasteiger partial charge in [-0.25, -0.2) is 0 Å². The van der Waals surface area contributed by atoms with Crippen LogP contribution in [0.1, 0.15) is 15.4 Å². The smallest absolute Gasteiger partial charge is 0.319 e. The molecule has 1 aromatic carbocycles. The minimum Gasteiger partial charge on any atom is -0.319 e. The number of amides is 1. The number of carbonyl (C=O) groups is 1. The van der Waals surface area contributed by atoms with Crippen LogP contribution in [-0.4, -0.2) is 16.1 Å². The SMILES string of the molecule is O=C(Nc1ccccc1C(F)(F)F)c1nnc(Cl)s1. The zero-order valence-electron chi connectivity index (χ0n) is 9.03. The van der Waals surface area contributed by atoms with Crippen LogP contribution in [-0.2, 0) is 6.18 Å². The van der Waals surface area contributed by atoms with E-state index in [0.717, 1.165) is 23.5 Å². The Labute approximate surface area is 114 Å². The number of hydrogen-bond acceptors (Lipinski definition) is 4. The van der Waals surface area contributed by atoms with Crippen LogP contribution in [0.3, 0.4) is 0 Å². The van der Waals surface area contributed by atoms with Crippen LogP contribution in [0, 0.1) is 0 Å². The fourth-order valence-electron chi connectivity index (χ4n) is 1.31. The first-order valence-electron chi connectivity index (χ1n) is 4.84. The first kappa shape index (κ1) is 13.8. The van der Waals surface area contributed by atoms with Crippen LogP contribution >= 0.6 is 22.9 Å². The lowest BCUT2D eigenvalue weighted by Crippen LogP contribution is -2.16. The highest BCUT2D eigenvalue weighted by Crippen LogP contribution is 2.34. The molecule has 0 unspecified atom stereocenters. The summed E-state index contributed by atoms with van der Waals surface area (Å²) in [6.45, 7) is 0. The van der Waals surface area contributed by atoms with Gasteiger partial charge in [0.1, 0.15) is 0 Å². The molecule has 0 saturated heterocycles. The molecule has 1 heterocycles. The Hall–Kier alpha value is -1.67. The molecular formula is C10H5ClF3N3OS. The number of anilines is 1. The second kappa shape index (κ2) is 5.14. The van der Waals surface area contributed by atoms with E-state index in [4.69, 9.17) is 11.6 Å². The van der Waals surface area contributed by atoms with Crippen molar-refractivity contribution in [2.45, 2.75) is 6.18 Å². The summed E-state index contributed by atoms with van der Waals surface area (Å²) >= 11 is 6.27. The number of nitrogens with zero attached hydrogens (tertiary/aromatic N) is 2. The molecule has 0 aliphatic carbocycles. The van der Waals surface area contributed by atoms with Crippen molar-refractivity contribution >= 4 is 34.5 Å². The average Bonchev–Trinajstić information content (AvgIpc) is 2.75. The summed E-state index contributed by atoms with van der Waals surface area (Å²) in [6, 6.07) is 4.66. The summed E-state index contributed by atoms with van der Waals surface area (Å²) in [5.74, 6) is -0.791. The zero-order chi connectivity index (χ0) is 14.0. The van der Waals surface area contributed by atoms with E-state index in [-0.39, 0.29) is 15.2 Å². The van der Waals surface area contributed by atoms with E-state index in [1.165, 1.54) is 12.1 Å². The van der Waals surface area contributed by atoms with Crippen LogP contribution in [0.5, 0.6) is 0 Å². The summed E-state index contributed by atoms with van der Waals surface area (Å²) in [6.07, 6.45) is -4.55. The number of halogens is 4. The standard InChI is InChI=1S/C10H5ClF3N3OS/c11-9-17-16-8(19-9)7(18)15-6-4-2-1-3-5(6)10(12,13)14/h1-4H,(H,15,18). The third-order valence-corrected chi connectivity index (χ3v) is 3.09. The van der Waals surface area contributed by atoms with E-state index in [1.54, 1.807) is 0 Å². The van der Waals surface area contributed by atoms with Gasteiger partial charge in [-0.2, -0.15) is 13.2 Å². The lowest BCUT2D eigenvalue weighted by molar-refractivity contribution is -0.136. The maximum absolute atomic E-state index is 12.7. The van der Waals surface area contributed by atoms with E-state index in [0.29, 0.717) is 0 Å². The fraction of sp³-hybridized carbons (Fsp3) is 0.100. The van der Waals surface area contributed by atoms with Gasteiger partial charge in [-0.3, -0.25) is 4.79 Å². The Morgan fingerprint density at radius 1 is 1.26 bits per heavy atom. The molecule has 1 amide bonds. The maximum Gasteiger partial charge on any atom is 0.418 e. The number of nitrogens with one attached hydrogen (secondary N) is 1. The van der Waals surface area contributed by atoms with Crippen molar-refractivity contribution in [1.82, 2.24) is 10.2 Å². The molecule has 0 spiro atoms. The lowest BCUT2D eigenvalue weighted by Gasteiger charge is -2.12. The number of rotatable bonds is 2. The number of para-hydroxylation sites is 1. The van der Waals surface area contributed by atoms with Crippen molar-refractivity contribution < 1.29 is 18.0 Å². The highest BCUT2D eigenvalue weighted by molar-refractivity contribution is 7.17. The molecule has 0 aliphatic rings. The van der Waals surface area contributed by atoms with E-state index in [9.17, 15) is 18.0 Å². The second-order valence-corrected chi connectivity index (χ2v) is 4.92. The summed E-state index contributed by atoms with van der Waals surface area (Å²) in [5, 5.41) is 8.88. The number of carbonyl (C=O) groups excluding carboxylic acids is 1. The minimum atomic E-state index is -4.55. The van der Waals surface area contributed by atoms with Gasteiger partial charge in [-0.1, -0.05) is 23.5 Å². The summed E-state index contributed by atoms with van der Waals surface area (Å²) < 4.78 is 38.2. The topological polar surface area (TPSA) is 54.9 Å². The Kier molecular flexibility index (Phi) is 3.72. The number of benzene rings is 1. The van der Waals surface area contributed by atoms with Crippen molar-refractivity contribution in [3.05, 3.63) is 39.3 Å². The molecule has 0 aliphatic heterocycles. The molecule has 1 N–H and O–H groups in total. The summed E-state index contributed by atoms with van der Waals surface area (Å²) in [5.41, 5.74) is -1.27. The van der Waals surface area contributed by atoms with Crippen LogP contribution < -0.4 is 5.32 Å². The van der Waals surface area contributed by atoms with Crippen molar-refractivity contribution in [3.63, 3.8) is 0 Å². The Bertz CT molecular complexity index is 614. The van der Waals surface area contributed by atoms with Gasteiger partial charge in [-0.05, 0) is 23.7 Å². The summed E-state index contributed by atoms with van der Waals surface area (Å²) in [4.78, 5) is 11.7. The van der Waals surface area contributed by atoms with Gasteiger partial charge < -0.3 is 5.32 Å². The van der Waals surface area contributed by atoms with Crippen molar-refractivity contribution in [2.24, 2.45) is 0 Å². The normalized spacial score (nSPS) is 11.4. The largest absolute Gasteiger partial charge is 0.418 e. The molecule has 0 radical (unpaired) electrons. The highest BCUT2D eigenvalue weighted by Gasteiger charge is 2.33. The molecular weight excluding hydrogens is 303 g/mol. The molecule has 0 bridgehead atoms. The minimum absolute atomic E-state index is 0.0363. The van der Waals surface area contributed by atoms with Crippen LogP contribution in [0.4, 0.5) is 18.9 Å². The maximum atomic E-state index is 12.7. The first-order valence-corrected chi connectivity index (χ1v) is 6.04. The van der Waals surface area contributed by atoms with E-state index in [2.05, 4.69) is 15.5 Å². The van der Waals surface area contributed by atoms with E-state index in [1.807, 2.05) is 0 Å². The van der Waals surface area contributed by atoms with Crippen LogP contribution in [0.15, 0.2) is 24.3 Å². The second-order valence-electron chi connectivity index (χ2n) is 3.36. The zero-order valence-corrected chi connectivity index (χ0v) is 10.6. The Balaban J connectivity index is 2.27. The van der Waals surface area contributed by atoms with Crippen LogP contribution in [0.25, 0.3) is 0 Å². The fourth-order valence-corrected chi connectivity index (χ4v) is 2.04. The monoisotopic (exact) mass is 307 g/mol. The third-order valence-electron chi connectivity index (χ3n) is 2.08. The molecule has 0 saturated carbocycles. The predicted octanol–water partition coefficient (Wildman–Crippen LogP) is 3.46. The Morgan fingerprint density at radius 2 is 1.95 bits per heavy atom. The van der Waals surface area contributed by atoms with Gasteiger partial charge in [0.15, 0.2) is 0 Å². The number of aromatic nitrogens is 2. The lowest BCUT2D eigenvalue weighted by atomic mass is 10.1. The predicted molar refractivity (Wildman–Crippen MR) is 64.3 cm³/mol. The van der Waals surface area contributed by atoms with Crippen molar-refractivity contribution in [2.75, 3.05) is 5.32 Å². The molecule has 19 heavy (non-hydrogen) atoms. The van der Waals surface area contributed by atoms with Gasteiger partial charge in [0.05, 0.1) is 11.3 Å². The van der Waals surface area contributed by atoms with Gasteiger partial charge in [0, 0.05) is 0 Å². The molecule has 1 aromatic heterocycles. The average molecular weight is 308 g/mol. The van der Waals surface area contributed by atoms with Gasteiger partial charge in [0.25, 0.3) is 5.91 Å². The van der Waals surface area contributed by atoms with Crippen molar-refractivity contribution in [3.8, 4) is 0 Å². The third kappa shape index (κ3) is 3.21. The van der Waals surface area contributed by atoms with Crippen LogP contribution in [0.2, 0.25) is 4.47 Å². The van der Waals surface area contributed by atoms with E-state index < -0.39 is 17.6 Å². The molecule has 4 nitrogen and oxygen atoms in total. The molecule has 9 heteroatoms. The first-order chi connectivity index (χ1) is 8.88. The molecule has 2 aromatic rings. The highest BCUT2D eigenvalue weighted by atomic mass is 35.5. The van der Waals surface area contributed by atoms with Crippen molar-refractivity contribution in [1.29, 1.82) is 0 Å². The number of alkyl halides is 3. The van der Waals surface area contributed by atoms with Gasteiger partial charge in [0.2, 0.25) is 9.47 Å². The molecule has 2 rings (SSSR count). The van der Waals surface area contributed by atoms with Gasteiger partial charge >= 0.3 is 6.18 Å². The van der Waals surface area contributed by atoms with E-state index >= 15 is 0 Å². The number of hydrogen-bond donors (Lipinski definition) is 1. The van der Waals surface area contributed by atoms with Gasteiger partial charge in [-0.15, -0.1) is 10.2 Å².